The molecule has 0 spiro atoms. The van der Waals surface area contributed by atoms with Crippen molar-refractivity contribution in [2.45, 2.75) is 45.3 Å². The first-order chi connectivity index (χ1) is 12.4. The van der Waals surface area contributed by atoms with Crippen LogP contribution in [0.2, 0.25) is 0 Å². The number of methoxy groups -OCH3 is 1. The lowest BCUT2D eigenvalue weighted by atomic mass is 9.78. The highest BCUT2D eigenvalue weighted by atomic mass is 16.5. The molecule has 1 amide bonds. The minimum Gasteiger partial charge on any atom is -0.377 e. The van der Waals surface area contributed by atoms with E-state index in [1.54, 1.807) is 19.9 Å². The summed E-state index contributed by atoms with van der Waals surface area (Å²) >= 11 is 0. The standard InChI is InChI=1S/C18H22N4O4/c1-9-4-10(2)19-17(24)16(9)18(25)20-12-5-11(6-12)13-7-15(23)22-14(21-13)8-26-3/h4,7,11-12H,5-6,8H2,1-3H3,(H,19,24)(H,20,25)(H,21,22,23). The van der Waals surface area contributed by atoms with Crippen molar-refractivity contribution in [3.05, 3.63) is 61.2 Å². The Morgan fingerprint density at radius 2 is 2.00 bits per heavy atom. The molecule has 2 aromatic heterocycles. The second-order valence-corrected chi connectivity index (χ2v) is 6.73. The molecule has 0 aliphatic heterocycles. The van der Waals surface area contributed by atoms with Gasteiger partial charge in [-0.1, -0.05) is 0 Å². The maximum atomic E-state index is 12.4. The normalized spacial score (nSPS) is 19.0. The lowest BCUT2D eigenvalue weighted by molar-refractivity contribution is 0.0905. The molecule has 8 heteroatoms. The molecule has 1 fully saturated rings. The van der Waals surface area contributed by atoms with Crippen molar-refractivity contribution in [2.24, 2.45) is 0 Å². The summed E-state index contributed by atoms with van der Waals surface area (Å²) in [5.41, 5.74) is 1.64. The maximum absolute atomic E-state index is 12.4. The maximum Gasteiger partial charge on any atom is 0.261 e. The molecule has 3 rings (SSSR count). The smallest absolute Gasteiger partial charge is 0.261 e. The van der Waals surface area contributed by atoms with Crippen LogP contribution in [-0.4, -0.2) is 34.0 Å². The van der Waals surface area contributed by atoms with Gasteiger partial charge in [-0.15, -0.1) is 0 Å². The predicted octanol–water partition coefficient (Wildman–Crippen LogP) is 0.897. The van der Waals surface area contributed by atoms with Crippen LogP contribution in [0.3, 0.4) is 0 Å². The van der Waals surface area contributed by atoms with Crippen LogP contribution >= 0.6 is 0 Å². The van der Waals surface area contributed by atoms with E-state index >= 15 is 0 Å². The Labute approximate surface area is 150 Å². The van der Waals surface area contributed by atoms with Crippen molar-refractivity contribution in [2.75, 3.05) is 7.11 Å². The third kappa shape index (κ3) is 3.75. The van der Waals surface area contributed by atoms with Crippen molar-refractivity contribution in [3.63, 3.8) is 0 Å². The average molecular weight is 358 g/mol. The number of H-pyrrole nitrogens is 2. The van der Waals surface area contributed by atoms with E-state index < -0.39 is 0 Å². The van der Waals surface area contributed by atoms with Crippen LogP contribution in [0.4, 0.5) is 0 Å². The molecule has 1 aliphatic carbocycles. The number of aromatic nitrogens is 3. The summed E-state index contributed by atoms with van der Waals surface area (Å²) in [4.78, 5) is 45.9. The third-order valence-corrected chi connectivity index (χ3v) is 4.58. The summed E-state index contributed by atoms with van der Waals surface area (Å²) in [6.07, 6.45) is 1.36. The first-order valence-corrected chi connectivity index (χ1v) is 8.48. The van der Waals surface area contributed by atoms with Gasteiger partial charge in [0.15, 0.2) is 0 Å². The van der Waals surface area contributed by atoms with E-state index in [0.29, 0.717) is 29.9 Å². The van der Waals surface area contributed by atoms with Crippen molar-refractivity contribution in [3.8, 4) is 0 Å². The number of amides is 1. The molecule has 0 aromatic carbocycles. The first-order valence-electron chi connectivity index (χ1n) is 8.48. The number of aryl methyl sites for hydroxylation is 2. The zero-order chi connectivity index (χ0) is 18.8. The van der Waals surface area contributed by atoms with Crippen LogP contribution in [-0.2, 0) is 11.3 Å². The highest BCUT2D eigenvalue weighted by Gasteiger charge is 2.33. The summed E-state index contributed by atoms with van der Waals surface area (Å²) in [6, 6.07) is 3.22. The third-order valence-electron chi connectivity index (χ3n) is 4.58. The molecule has 0 unspecified atom stereocenters. The molecule has 1 aliphatic rings. The van der Waals surface area contributed by atoms with Crippen LogP contribution in [0.1, 0.15) is 51.9 Å². The molecule has 1 saturated carbocycles. The van der Waals surface area contributed by atoms with Crippen molar-refractivity contribution in [1.82, 2.24) is 20.3 Å². The van der Waals surface area contributed by atoms with Crippen LogP contribution in [0.25, 0.3) is 0 Å². The molecule has 0 saturated heterocycles. The Kier molecular flexibility index (Phi) is 5.03. The van der Waals surface area contributed by atoms with Gasteiger partial charge in [-0.2, -0.15) is 0 Å². The van der Waals surface area contributed by atoms with Gasteiger partial charge in [0.1, 0.15) is 18.0 Å². The summed E-state index contributed by atoms with van der Waals surface area (Å²) in [5, 5.41) is 2.89. The van der Waals surface area contributed by atoms with Crippen molar-refractivity contribution < 1.29 is 9.53 Å². The van der Waals surface area contributed by atoms with Gasteiger partial charge in [0, 0.05) is 30.8 Å². The Balaban J connectivity index is 1.65. The Morgan fingerprint density at radius 3 is 2.65 bits per heavy atom. The van der Waals surface area contributed by atoms with Gasteiger partial charge in [0.05, 0.1) is 5.69 Å². The number of pyridine rings is 1. The van der Waals surface area contributed by atoms with E-state index in [1.165, 1.54) is 13.2 Å². The van der Waals surface area contributed by atoms with Crippen molar-refractivity contribution >= 4 is 5.91 Å². The van der Waals surface area contributed by atoms with E-state index in [4.69, 9.17) is 4.74 Å². The fourth-order valence-corrected chi connectivity index (χ4v) is 3.31. The molecule has 0 radical (unpaired) electrons. The Morgan fingerprint density at radius 1 is 1.27 bits per heavy atom. The number of nitrogens with zero attached hydrogens (tertiary/aromatic N) is 1. The average Bonchev–Trinajstić information content (AvgIpc) is 2.49. The van der Waals surface area contributed by atoms with Crippen LogP contribution in [0, 0.1) is 13.8 Å². The van der Waals surface area contributed by atoms with Crippen LogP contribution in [0.15, 0.2) is 21.7 Å². The van der Waals surface area contributed by atoms with E-state index in [9.17, 15) is 14.4 Å². The second-order valence-electron chi connectivity index (χ2n) is 6.73. The molecule has 8 nitrogen and oxygen atoms in total. The van der Waals surface area contributed by atoms with Crippen LogP contribution in [0.5, 0.6) is 0 Å². The SMILES string of the molecule is COCc1nc(C2CC(NC(=O)c3c(C)cc(C)[nH]c3=O)C2)cc(=O)[nH]1. The largest absolute Gasteiger partial charge is 0.377 e. The van der Waals surface area contributed by atoms with E-state index in [-0.39, 0.29) is 41.2 Å². The predicted molar refractivity (Wildman–Crippen MR) is 95.3 cm³/mol. The molecule has 138 valence electrons. The van der Waals surface area contributed by atoms with Gasteiger partial charge in [-0.3, -0.25) is 14.4 Å². The number of nitrogens with one attached hydrogen (secondary N) is 3. The number of hydrogen-bond acceptors (Lipinski definition) is 5. The second kappa shape index (κ2) is 7.25. The molecular formula is C18H22N4O4. The van der Waals surface area contributed by atoms with E-state index in [2.05, 4.69) is 20.3 Å². The van der Waals surface area contributed by atoms with Gasteiger partial charge >= 0.3 is 0 Å². The Bertz CT molecular complexity index is 941. The van der Waals surface area contributed by atoms with Gasteiger partial charge in [-0.05, 0) is 38.3 Å². The molecule has 3 N–H and O–H groups in total. The molecule has 2 aromatic rings. The van der Waals surface area contributed by atoms with Gasteiger partial charge < -0.3 is 20.0 Å². The van der Waals surface area contributed by atoms with E-state index in [0.717, 1.165) is 5.69 Å². The zero-order valence-corrected chi connectivity index (χ0v) is 15.0. The summed E-state index contributed by atoms with van der Waals surface area (Å²) in [6.45, 7) is 3.77. The highest BCUT2D eigenvalue weighted by molar-refractivity contribution is 5.95. The summed E-state index contributed by atoms with van der Waals surface area (Å²) < 4.78 is 5.00. The number of rotatable bonds is 5. The number of carbonyl (C=O) groups excluding carboxylic acids is 1. The summed E-state index contributed by atoms with van der Waals surface area (Å²) in [5.74, 6) is 0.228. The van der Waals surface area contributed by atoms with Gasteiger partial charge in [0.2, 0.25) is 0 Å². The highest BCUT2D eigenvalue weighted by Crippen LogP contribution is 2.35. The fourth-order valence-electron chi connectivity index (χ4n) is 3.31. The quantitative estimate of drug-likeness (QED) is 0.734. The molecular weight excluding hydrogens is 336 g/mol. The topological polar surface area (TPSA) is 117 Å². The van der Waals surface area contributed by atoms with E-state index in [1.807, 2.05) is 0 Å². The zero-order valence-electron chi connectivity index (χ0n) is 15.0. The number of aromatic amines is 2. The molecule has 0 atom stereocenters. The lowest BCUT2D eigenvalue weighted by Gasteiger charge is -2.35. The van der Waals surface area contributed by atoms with Gasteiger partial charge in [-0.25, -0.2) is 4.98 Å². The fraction of sp³-hybridized carbons (Fsp3) is 0.444. The number of hydrogen-bond donors (Lipinski definition) is 3. The minimum absolute atomic E-state index is 0.0421. The number of carbonyl (C=O) groups is 1. The Hall–Kier alpha value is -2.74. The molecule has 2 heterocycles. The molecule has 0 bridgehead atoms. The van der Waals surface area contributed by atoms with Gasteiger partial charge in [0.25, 0.3) is 17.0 Å². The minimum atomic E-state index is -0.378. The van der Waals surface area contributed by atoms with Crippen molar-refractivity contribution in [1.29, 1.82) is 0 Å². The monoisotopic (exact) mass is 358 g/mol. The number of ether oxygens (including phenoxy) is 1. The first kappa shape index (κ1) is 18.1. The molecule has 26 heavy (non-hydrogen) atoms. The van der Waals surface area contributed by atoms with Crippen LogP contribution < -0.4 is 16.4 Å². The lowest BCUT2D eigenvalue weighted by Crippen LogP contribution is -2.45. The summed E-state index contributed by atoms with van der Waals surface area (Å²) in [7, 11) is 1.54.